The van der Waals surface area contributed by atoms with E-state index in [0.717, 1.165) is 10.9 Å². The van der Waals surface area contributed by atoms with Crippen LogP contribution in [0.3, 0.4) is 0 Å². The second kappa shape index (κ2) is 5.82. The summed E-state index contributed by atoms with van der Waals surface area (Å²) in [4.78, 5) is 11.7. The first-order valence-electron chi connectivity index (χ1n) is 6.08. The van der Waals surface area contributed by atoms with Crippen molar-refractivity contribution in [3.8, 4) is 0 Å². The Morgan fingerprint density at radius 3 is 2.45 bits per heavy atom. The van der Waals surface area contributed by atoms with Gasteiger partial charge in [0, 0.05) is 23.9 Å². The standard InChI is InChI=1S/C12H18F3N3O2/c1-11(2,3)16-9(20)7-18-6-8(4-5-19)10(17-18)12(13,14)15/h6,19H,4-5,7H2,1-3H3,(H,16,20). The summed E-state index contributed by atoms with van der Waals surface area (Å²) in [5.41, 5.74) is -1.65. The van der Waals surface area contributed by atoms with E-state index in [-0.39, 0.29) is 18.5 Å². The number of amides is 1. The summed E-state index contributed by atoms with van der Waals surface area (Å²) in [7, 11) is 0. The van der Waals surface area contributed by atoms with Gasteiger partial charge in [0.15, 0.2) is 5.69 Å². The van der Waals surface area contributed by atoms with Crippen molar-refractivity contribution < 1.29 is 23.1 Å². The van der Waals surface area contributed by atoms with Crippen LogP contribution in [0.5, 0.6) is 0 Å². The van der Waals surface area contributed by atoms with E-state index in [1.807, 2.05) is 0 Å². The van der Waals surface area contributed by atoms with E-state index >= 15 is 0 Å². The van der Waals surface area contributed by atoms with Gasteiger partial charge in [0.2, 0.25) is 5.91 Å². The Hall–Kier alpha value is -1.57. The molecule has 1 aromatic rings. The van der Waals surface area contributed by atoms with E-state index < -0.39 is 29.9 Å². The Morgan fingerprint density at radius 2 is 2.00 bits per heavy atom. The predicted octanol–water partition coefficient (Wildman–Crippen LogP) is 1.35. The highest BCUT2D eigenvalue weighted by Gasteiger charge is 2.37. The molecule has 0 radical (unpaired) electrons. The summed E-state index contributed by atoms with van der Waals surface area (Å²) in [5.74, 6) is -0.427. The van der Waals surface area contributed by atoms with Crippen molar-refractivity contribution in [3.05, 3.63) is 17.5 Å². The van der Waals surface area contributed by atoms with Gasteiger partial charge < -0.3 is 10.4 Å². The lowest BCUT2D eigenvalue weighted by molar-refractivity contribution is -0.142. The number of aliphatic hydroxyl groups is 1. The number of halogens is 3. The van der Waals surface area contributed by atoms with E-state index in [0.29, 0.717) is 0 Å². The maximum atomic E-state index is 12.7. The average Bonchev–Trinajstić information content (AvgIpc) is 2.57. The highest BCUT2D eigenvalue weighted by molar-refractivity contribution is 5.76. The van der Waals surface area contributed by atoms with E-state index in [2.05, 4.69) is 10.4 Å². The lowest BCUT2D eigenvalue weighted by Crippen LogP contribution is -2.42. The Balaban J connectivity index is 2.90. The van der Waals surface area contributed by atoms with Gasteiger partial charge in [-0.05, 0) is 27.2 Å². The fraction of sp³-hybridized carbons (Fsp3) is 0.667. The minimum atomic E-state index is -4.60. The molecule has 1 aromatic heterocycles. The molecule has 1 rings (SSSR count). The molecule has 0 aliphatic rings. The number of hydrogen-bond donors (Lipinski definition) is 2. The third-order valence-corrected chi connectivity index (χ3v) is 2.31. The van der Waals surface area contributed by atoms with Crippen LogP contribution in [0.25, 0.3) is 0 Å². The number of nitrogens with zero attached hydrogens (tertiary/aromatic N) is 2. The number of aliphatic hydroxyl groups excluding tert-OH is 1. The van der Waals surface area contributed by atoms with Crippen LogP contribution in [0.15, 0.2) is 6.20 Å². The van der Waals surface area contributed by atoms with Crippen molar-refractivity contribution in [2.24, 2.45) is 0 Å². The van der Waals surface area contributed by atoms with Crippen LogP contribution in [-0.4, -0.2) is 32.9 Å². The first-order valence-corrected chi connectivity index (χ1v) is 6.08. The molecule has 0 saturated carbocycles. The topological polar surface area (TPSA) is 67.2 Å². The maximum absolute atomic E-state index is 12.7. The predicted molar refractivity (Wildman–Crippen MR) is 65.9 cm³/mol. The first kappa shape index (κ1) is 16.5. The van der Waals surface area contributed by atoms with Crippen molar-refractivity contribution in [2.45, 2.75) is 45.5 Å². The fourth-order valence-corrected chi connectivity index (χ4v) is 1.69. The molecule has 8 heteroatoms. The van der Waals surface area contributed by atoms with Crippen LogP contribution in [0.2, 0.25) is 0 Å². The minimum absolute atomic E-state index is 0.122. The SMILES string of the molecule is CC(C)(C)NC(=O)Cn1cc(CCO)c(C(F)(F)F)n1. The van der Waals surface area contributed by atoms with Gasteiger partial charge in [0.1, 0.15) is 6.54 Å². The van der Waals surface area contributed by atoms with Crippen molar-refractivity contribution in [1.82, 2.24) is 15.1 Å². The molecule has 2 N–H and O–H groups in total. The lowest BCUT2D eigenvalue weighted by Gasteiger charge is -2.20. The summed E-state index contributed by atoms with van der Waals surface area (Å²) >= 11 is 0. The maximum Gasteiger partial charge on any atom is 0.435 e. The number of rotatable bonds is 4. The molecule has 20 heavy (non-hydrogen) atoms. The molecular weight excluding hydrogens is 275 g/mol. The normalized spacial score (nSPS) is 12.6. The van der Waals surface area contributed by atoms with Gasteiger partial charge in [-0.25, -0.2) is 0 Å². The van der Waals surface area contributed by atoms with Crippen LogP contribution in [-0.2, 0) is 23.9 Å². The van der Waals surface area contributed by atoms with Crippen LogP contribution in [0, 0.1) is 0 Å². The Morgan fingerprint density at radius 1 is 1.40 bits per heavy atom. The van der Waals surface area contributed by atoms with Gasteiger partial charge in [0.25, 0.3) is 0 Å². The molecule has 0 atom stereocenters. The van der Waals surface area contributed by atoms with Crippen LogP contribution < -0.4 is 5.32 Å². The second-order valence-electron chi connectivity index (χ2n) is 5.47. The third kappa shape index (κ3) is 4.84. The smallest absolute Gasteiger partial charge is 0.396 e. The van der Waals surface area contributed by atoms with Crippen molar-refractivity contribution >= 4 is 5.91 Å². The minimum Gasteiger partial charge on any atom is -0.396 e. The number of carbonyl (C=O) groups is 1. The molecule has 0 fully saturated rings. The highest BCUT2D eigenvalue weighted by Crippen LogP contribution is 2.30. The van der Waals surface area contributed by atoms with Gasteiger partial charge in [-0.2, -0.15) is 18.3 Å². The molecule has 0 aliphatic carbocycles. The van der Waals surface area contributed by atoms with Gasteiger partial charge in [-0.1, -0.05) is 0 Å². The van der Waals surface area contributed by atoms with Crippen molar-refractivity contribution in [2.75, 3.05) is 6.61 Å². The number of hydrogen-bond acceptors (Lipinski definition) is 3. The highest BCUT2D eigenvalue weighted by atomic mass is 19.4. The Labute approximate surface area is 114 Å². The summed E-state index contributed by atoms with van der Waals surface area (Å²) in [6.07, 6.45) is -3.62. The quantitative estimate of drug-likeness (QED) is 0.880. The molecule has 0 unspecified atom stereocenters. The molecule has 1 amide bonds. The zero-order chi connectivity index (χ0) is 15.6. The van der Waals surface area contributed by atoms with Gasteiger partial charge in [-0.15, -0.1) is 0 Å². The zero-order valence-corrected chi connectivity index (χ0v) is 11.6. The largest absolute Gasteiger partial charge is 0.435 e. The van der Waals surface area contributed by atoms with Crippen molar-refractivity contribution in [3.63, 3.8) is 0 Å². The number of carbonyl (C=O) groups excluding carboxylic acids is 1. The molecule has 5 nitrogen and oxygen atoms in total. The van der Waals surface area contributed by atoms with E-state index in [1.165, 1.54) is 0 Å². The van der Waals surface area contributed by atoms with Gasteiger partial charge in [0.05, 0.1) is 0 Å². The van der Waals surface area contributed by atoms with E-state index in [1.54, 1.807) is 20.8 Å². The number of alkyl halides is 3. The van der Waals surface area contributed by atoms with Crippen molar-refractivity contribution in [1.29, 1.82) is 0 Å². The lowest BCUT2D eigenvalue weighted by atomic mass is 10.1. The van der Waals surface area contributed by atoms with Crippen LogP contribution in [0.1, 0.15) is 32.0 Å². The second-order valence-corrected chi connectivity index (χ2v) is 5.47. The Bertz CT molecular complexity index is 475. The van der Waals surface area contributed by atoms with Crippen LogP contribution in [0.4, 0.5) is 13.2 Å². The van der Waals surface area contributed by atoms with Gasteiger partial charge >= 0.3 is 6.18 Å². The fourth-order valence-electron chi connectivity index (χ4n) is 1.69. The molecule has 0 spiro atoms. The molecule has 0 aromatic carbocycles. The zero-order valence-electron chi connectivity index (χ0n) is 11.6. The summed E-state index contributed by atoms with van der Waals surface area (Å²) in [6, 6.07) is 0. The monoisotopic (exact) mass is 293 g/mol. The Kier molecular flexibility index (Phi) is 4.80. The molecule has 0 bridgehead atoms. The first-order chi connectivity index (χ1) is 9.03. The summed E-state index contributed by atoms with van der Waals surface area (Å²) in [6.45, 7) is 4.60. The summed E-state index contributed by atoms with van der Waals surface area (Å²) in [5, 5.41) is 14.8. The summed E-state index contributed by atoms with van der Waals surface area (Å²) < 4.78 is 39.1. The molecule has 114 valence electrons. The molecule has 0 saturated heterocycles. The van der Waals surface area contributed by atoms with E-state index in [4.69, 9.17) is 5.11 Å². The average molecular weight is 293 g/mol. The third-order valence-electron chi connectivity index (χ3n) is 2.31. The van der Waals surface area contributed by atoms with Crippen LogP contribution >= 0.6 is 0 Å². The van der Waals surface area contributed by atoms with Gasteiger partial charge in [-0.3, -0.25) is 9.48 Å². The molecular formula is C12H18F3N3O2. The number of aromatic nitrogens is 2. The number of nitrogens with one attached hydrogen (secondary N) is 1. The molecule has 1 heterocycles. The molecule has 0 aliphatic heterocycles. The van der Waals surface area contributed by atoms with E-state index in [9.17, 15) is 18.0 Å².